The summed E-state index contributed by atoms with van der Waals surface area (Å²) in [5, 5.41) is 27.8. The second-order valence-electron chi connectivity index (χ2n) is 13.5. The van der Waals surface area contributed by atoms with Crippen LogP contribution in [0.3, 0.4) is 0 Å². The highest BCUT2D eigenvalue weighted by Crippen LogP contribution is 2.79. The number of aromatic hydroxyl groups is 1. The van der Waals surface area contributed by atoms with E-state index in [1.165, 1.54) is 28.9 Å². The number of aliphatic hydroxyl groups excluding tert-OH is 1. The Morgan fingerprint density at radius 1 is 1.20 bits per heavy atom. The fourth-order valence-corrected chi connectivity index (χ4v) is 10.8. The first kappa shape index (κ1) is 25.7. The van der Waals surface area contributed by atoms with E-state index in [1.54, 1.807) is 0 Å². The van der Waals surface area contributed by atoms with Crippen LogP contribution in [-0.4, -0.2) is 47.4 Å². The molecular formula is C34H41NO4S. The van der Waals surface area contributed by atoms with Crippen LogP contribution >= 0.6 is 11.8 Å². The van der Waals surface area contributed by atoms with Crippen molar-refractivity contribution in [2.24, 2.45) is 16.7 Å². The van der Waals surface area contributed by atoms with Gasteiger partial charge in [0.05, 0.1) is 11.5 Å². The molecular weight excluding hydrogens is 518 g/mol. The van der Waals surface area contributed by atoms with E-state index in [0.29, 0.717) is 11.7 Å². The van der Waals surface area contributed by atoms with Crippen LogP contribution in [0.15, 0.2) is 47.4 Å². The minimum absolute atomic E-state index is 0.221. The summed E-state index contributed by atoms with van der Waals surface area (Å²) < 4.78 is 13.8. The Morgan fingerprint density at radius 2 is 2.00 bits per heavy atom. The van der Waals surface area contributed by atoms with Crippen LogP contribution in [0.25, 0.3) is 0 Å². The summed E-state index contributed by atoms with van der Waals surface area (Å²) in [5.41, 5.74) is 2.80. The van der Waals surface area contributed by atoms with Crippen molar-refractivity contribution < 1.29 is 19.7 Å². The van der Waals surface area contributed by atoms with E-state index in [0.717, 1.165) is 55.5 Å². The van der Waals surface area contributed by atoms with Crippen LogP contribution in [0.2, 0.25) is 0 Å². The smallest absolute Gasteiger partial charge is 0.165 e. The van der Waals surface area contributed by atoms with Crippen molar-refractivity contribution in [3.8, 4) is 11.5 Å². The number of aryl methyl sites for hydroxylation is 1. The van der Waals surface area contributed by atoms with Gasteiger partial charge in [-0.25, -0.2) is 0 Å². The van der Waals surface area contributed by atoms with Crippen LogP contribution in [0, 0.1) is 23.7 Å². The number of rotatable bonds is 8. The topological polar surface area (TPSA) is 71.0 Å². The van der Waals surface area contributed by atoms with Gasteiger partial charge in [-0.2, -0.15) is 0 Å². The van der Waals surface area contributed by atoms with Gasteiger partial charge in [-0.15, -0.1) is 11.8 Å². The van der Waals surface area contributed by atoms with Gasteiger partial charge >= 0.3 is 0 Å². The first-order valence-corrected chi connectivity index (χ1v) is 16.3. The number of hydrogen-bond donors (Lipinski definition) is 3. The average molecular weight is 560 g/mol. The summed E-state index contributed by atoms with van der Waals surface area (Å²) in [7, 11) is 1.82. The summed E-state index contributed by atoms with van der Waals surface area (Å²) in [6.45, 7) is 5.25. The highest BCUT2D eigenvalue weighted by molar-refractivity contribution is 7.99. The molecule has 3 N–H and O–H groups in total. The Labute approximate surface area is 241 Å². The zero-order valence-electron chi connectivity index (χ0n) is 23.8. The van der Waals surface area contributed by atoms with E-state index in [2.05, 4.69) is 55.6 Å². The summed E-state index contributed by atoms with van der Waals surface area (Å²) in [6, 6.07) is 10.8. The maximum atomic E-state index is 12.6. The standard InChI is InChI=1S/C34H41NO4S/c1-4-15-40-23-9-7-22(8-10-23)29(37)32(18-21-5-6-21)19-31-11-12-34(32,38-3)30-33(31)13-14-35-26(31)17-24-20(2)16-25(36)28(39-30)27(24)33/h7-12,16,21,26,29-30,35-37H,4-6,13-15,17-19H2,1-3H3/t26?,29-,30+,31?,32?,33+,34+/m1/s1. The maximum Gasteiger partial charge on any atom is 0.165 e. The zero-order valence-corrected chi connectivity index (χ0v) is 24.7. The minimum atomic E-state index is -0.817. The van der Waals surface area contributed by atoms with Crippen molar-refractivity contribution in [2.75, 3.05) is 19.4 Å². The SMILES string of the molecule is CCCSc1ccc([C@@H](O)C2(CC3CC3)CC34C=C[C@]2(OC)[C@H]2Oc5c(O)cc(C)c6c5[C@@]23CCNC4C6)cc1. The molecule has 5 aliphatic carbocycles. The first-order valence-electron chi connectivity index (χ1n) is 15.3. The summed E-state index contributed by atoms with van der Waals surface area (Å²) >= 11 is 1.87. The number of piperidine rings is 1. The highest BCUT2D eigenvalue weighted by Gasteiger charge is 2.83. The lowest BCUT2D eigenvalue weighted by molar-refractivity contribution is -0.270. The van der Waals surface area contributed by atoms with Crippen molar-refractivity contribution in [2.45, 2.75) is 93.0 Å². The Morgan fingerprint density at radius 3 is 2.73 bits per heavy atom. The molecule has 3 unspecified atom stereocenters. The van der Waals surface area contributed by atoms with Gasteiger partial charge in [0.25, 0.3) is 0 Å². The lowest BCUT2D eigenvalue weighted by atomic mass is 9.33. The molecule has 9 rings (SSSR count). The molecule has 0 radical (unpaired) electrons. The molecule has 1 saturated heterocycles. The summed E-state index contributed by atoms with van der Waals surface area (Å²) in [5.74, 6) is 2.59. The Bertz CT molecular complexity index is 1400. The zero-order chi connectivity index (χ0) is 27.5. The lowest BCUT2D eigenvalue weighted by Crippen LogP contribution is -2.82. The number of phenols is 1. The molecule has 2 saturated carbocycles. The molecule has 2 aromatic rings. The van der Waals surface area contributed by atoms with Crippen LogP contribution in [-0.2, 0) is 16.6 Å². The van der Waals surface area contributed by atoms with E-state index in [-0.39, 0.29) is 28.7 Å². The number of hydrogen-bond acceptors (Lipinski definition) is 6. The number of phenolic OH excluding ortho intramolecular Hbond substituents is 1. The Balaban J connectivity index is 1.33. The van der Waals surface area contributed by atoms with Gasteiger partial charge in [-0.3, -0.25) is 0 Å². The van der Waals surface area contributed by atoms with Gasteiger partial charge in [0.15, 0.2) is 11.5 Å². The number of benzene rings is 2. The van der Waals surface area contributed by atoms with E-state index >= 15 is 0 Å². The lowest BCUT2D eigenvalue weighted by Gasteiger charge is -2.73. The molecule has 3 fully saturated rings. The molecule has 2 heterocycles. The molecule has 7 atom stereocenters. The molecule has 6 heteroatoms. The molecule has 7 aliphatic rings. The fourth-order valence-electron chi connectivity index (χ4n) is 10.0. The number of thioether (sulfide) groups is 1. The molecule has 2 aliphatic heterocycles. The van der Waals surface area contributed by atoms with Crippen molar-refractivity contribution in [3.63, 3.8) is 0 Å². The van der Waals surface area contributed by atoms with E-state index in [9.17, 15) is 10.2 Å². The molecule has 2 aromatic carbocycles. The van der Waals surface area contributed by atoms with Crippen molar-refractivity contribution in [3.05, 3.63) is 64.7 Å². The molecule has 2 spiro atoms. The van der Waals surface area contributed by atoms with Crippen molar-refractivity contribution in [1.82, 2.24) is 5.32 Å². The fraction of sp³-hybridized carbons (Fsp3) is 0.588. The number of fused-ring (bicyclic) bond motifs is 1. The predicted molar refractivity (Wildman–Crippen MR) is 157 cm³/mol. The number of nitrogens with one attached hydrogen (secondary N) is 1. The predicted octanol–water partition coefficient (Wildman–Crippen LogP) is 5.98. The highest BCUT2D eigenvalue weighted by atomic mass is 32.2. The van der Waals surface area contributed by atoms with E-state index < -0.39 is 17.1 Å². The summed E-state index contributed by atoms with van der Waals surface area (Å²) in [4.78, 5) is 1.25. The van der Waals surface area contributed by atoms with E-state index in [4.69, 9.17) is 9.47 Å². The largest absolute Gasteiger partial charge is 0.504 e. The third-order valence-corrected chi connectivity index (χ3v) is 13.0. The maximum absolute atomic E-state index is 12.6. The van der Waals surface area contributed by atoms with E-state index in [1.807, 2.05) is 24.9 Å². The monoisotopic (exact) mass is 559 g/mol. The second-order valence-corrected chi connectivity index (χ2v) is 14.7. The molecule has 0 aromatic heterocycles. The third-order valence-electron chi connectivity index (χ3n) is 11.8. The van der Waals surface area contributed by atoms with Gasteiger partial charge in [0.2, 0.25) is 0 Å². The molecule has 0 amide bonds. The number of ether oxygens (including phenoxy) is 2. The van der Waals surface area contributed by atoms with Crippen LogP contribution < -0.4 is 10.1 Å². The van der Waals surface area contributed by atoms with Crippen LogP contribution in [0.1, 0.15) is 73.8 Å². The van der Waals surface area contributed by atoms with Crippen LogP contribution in [0.5, 0.6) is 11.5 Å². The van der Waals surface area contributed by atoms with Gasteiger partial charge in [-0.1, -0.05) is 44.1 Å². The Hall–Kier alpha value is -1.99. The number of methoxy groups -OCH3 is 1. The van der Waals surface area contributed by atoms with Crippen molar-refractivity contribution >= 4 is 11.8 Å². The van der Waals surface area contributed by atoms with Crippen LogP contribution in [0.4, 0.5) is 0 Å². The first-order chi connectivity index (χ1) is 19.4. The quantitative estimate of drug-likeness (QED) is 0.273. The molecule has 40 heavy (non-hydrogen) atoms. The minimum Gasteiger partial charge on any atom is -0.504 e. The van der Waals surface area contributed by atoms with Gasteiger partial charge in [0, 0.05) is 34.4 Å². The normalized spacial score (nSPS) is 38.7. The molecule has 212 valence electrons. The number of aliphatic hydroxyl groups is 1. The second kappa shape index (κ2) is 8.53. The van der Waals surface area contributed by atoms with Gasteiger partial charge in [-0.05, 0) is 92.1 Å². The molecule has 4 bridgehead atoms. The Kier molecular flexibility index (Phi) is 5.48. The van der Waals surface area contributed by atoms with Crippen molar-refractivity contribution in [1.29, 1.82) is 0 Å². The van der Waals surface area contributed by atoms with Gasteiger partial charge in [0.1, 0.15) is 11.7 Å². The average Bonchev–Trinajstić information content (AvgIpc) is 3.70. The summed E-state index contributed by atoms with van der Waals surface area (Å²) in [6.07, 6.45) is 10.9. The molecule has 5 nitrogen and oxygen atoms in total. The third kappa shape index (κ3) is 2.92. The van der Waals surface area contributed by atoms with Gasteiger partial charge < -0.3 is 25.0 Å².